The highest BCUT2D eigenvalue weighted by Crippen LogP contribution is 2.35. The predicted molar refractivity (Wildman–Crippen MR) is 127 cm³/mol. The molecule has 9 heteroatoms. The molecule has 3 heterocycles. The molecule has 2 atom stereocenters. The number of nitrogens with one attached hydrogen (secondary N) is 2. The summed E-state index contributed by atoms with van der Waals surface area (Å²) in [5.74, 6) is 1.58. The third-order valence-corrected chi connectivity index (χ3v) is 6.35. The van der Waals surface area contributed by atoms with E-state index in [-0.39, 0.29) is 11.9 Å². The molecule has 6 bridgehead atoms. The molecular weight excluding hydrogens is 438 g/mol. The second-order valence-corrected chi connectivity index (χ2v) is 9.14. The van der Waals surface area contributed by atoms with Crippen molar-refractivity contribution in [3.8, 4) is 11.4 Å². The standard InChI is InChI=1S/C24H26ClN7O/c1-2-32-12-16-6-19(25)9-20(7-16)29-24-28-14-27-23(31-24)18-5-15(10-26-11-18)3-4-17-8-21(17)30-22(33)13-32/h5-7,9-11,14,17,21H,2-4,8,12-13H2,1H3,(H,30,33)(H,27,28,29,31). The minimum Gasteiger partial charge on any atom is -0.352 e. The Labute approximate surface area is 197 Å². The minimum atomic E-state index is 0.0711. The van der Waals surface area contributed by atoms with Gasteiger partial charge in [-0.2, -0.15) is 4.98 Å². The lowest BCUT2D eigenvalue weighted by Crippen LogP contribution is -2.38. The van der Waals surface area contributed by atoms with Gasteiger partial charge in [0.15, 0.2) is 5.82 Å². The number of aryl methyl sites for hydroxylation is 1. The number of hydrogen-bond acceptors (Lipinski definition) is 7. The fraction of sp³-hybridized carbons (Fsp3) is 0.375. The fourth-order valence-corrected chi connectivity index (χ4v) is 4.53. The number of pyridine rings is 1. The molecule has 2 N–H and O–H groups in total. The lowest BCUT2D eigenvalue weighted by molar-refractivity contribution is -0.122. The van der Waals surface area contributed by atoms with E-state index in [0.717, 1.165) is 48.2 Å². The average Bonchev–Trinajstić information content (AvgIpc) is 3.54. The van der Waals surface area contributed by atoms with Crippen LogP contribution >= 0.6 is 11.6 Å². The lowest BCUT2D eigenvalue weighted by atomic mass is 10.1. The summed E-state index contributed by atoms with van der Waals surface area (Å²) in [6.07, 6.45) is 8.10. The van der Waals surface area contributed by atoms with Crippen LogP contribution in [0.25, 0.3) is 11.4 Å². The van der Waals surface area contributed by atoms with Gasteiger partial charge in [-0.05, 0) is 67.1 Å². The zero-order valence-electron chi connectivity index (χ0n) is 18.5. The molecule has 1 fully saturated rings. The third kappa shape index (κ3) is 5.46. The van der Waals surface area contributed by atoms with Crippen molar-refractivity contribution < 1.29 is 4.79 Å². The summed E-state index contributed by atoms with van der Waals surface area (Å²) in [6, 6.07) is 8.09. The second-order valence-electron chi connectivity index (χ2n) is 8.70. The number of rotatable bonds is 1. The number of benzene rings is 1. The molecule has 0 saturated heterocycles. The van der Waals surface area contributed by atoms with Crippen molar-refractivity contribution in [1.82, 2.24) is 30.2 Å². The van der Waals surface area contributed by atoms with Crippen LogP contribution in [0.2, 0.25) is 5.02 Å². The highest BCUT2D eigenvalue weighted by molar-refractivity contribution is 6.31. The van der Waals surface area contributed by atoms with Gasteiger partial charge >= 0.3 is 0 Å². The van der Waals surface area contributed by atoms with Gasteiger partial charge in [0.2, 0.25) is 11.9 Å². The van der Waals surface area contributed by atoms with Gasteiger partial charge in [-0.3, -0.25) is 14.7 Å². The molecule has 170 valence electrons. The van der Waals surface area contributed by atoms with E-state index in [1.165, 1.54) is 6.33 Å². The van der Waals surface area contributed by atoms with Crippen molar-refractivity contribution >= 4 is 29.1 Å². The van der Waals surface area contributed by atoms with Gasteiger partial charge in [0.05, 0.1) is 6.54 Å². The smallest absolute Gasteiger partial charge is 0.234 e. The van der Waals surface area contributed by atoms with Crippen LogP contribution in [0.4, 0.5) is 11.6 Å². The Bertz CT molecular complexity index is 1170. The first-order valence-corrected chi connectivity index (χ1v) is 11.6. The van der Waals surface area contributed by atoms with E-state index in [2.05, 4.69) is 48.5 Å². The van der Waals surface area contributed by atoms with E-state index in [1.54, 1.807) is 6.20 Å². The number of nitrogens with zero attached hydrogens (tertiary/aromatic N) is 5. The van der Waals surface area contributed by atoms with Crippen LogP contribution in [-0.4, -0.2) is 49.9 Å². The van der Waals surface area contributed by atoms with Gasteiger partial charge in [-0.1, -0.05) is 18.5 Å². The Hall–Kier alpha value is -3.10. The van der Waals surface area contributed by atoms with Crippen molar-refractivity contribution in [1.29, 1.82) is 0 Å². The Morgan fingerprint density at radius 1 is 1.12 bits per heavy atom. The van der Waals surface area contributed by atoms with Gasteiger partial charge in [0.25, 0.3) is 0 Å². The SMILES string of the molecule is CCN1CC(=O)NC2CC2CCc2cncc(c2)-c2ncnc(n2)Nc2cc(Cl)cc(c2)C1. The summed E-state index contributed by atoms with van der Waals surface area (Å²) in [6.45, 7) is 3.79. The Kier molecular flexibility index (Phi) is 6.20. The van der Waals surface area contributed by atoms with Crippen molar-refractivity contribution in [3.63, 3.8) is 0 Å². The van der Waals surface area contributed by atoms with E-state index in [4.69, 9.17) is 11.6 Å². The summed E-state index contributed by atoms with van der Waals surface area (Å²) >= 11 is 6.39. The monoisotopic (exact) mass is 463 g/mol. The van der Waals surface area contributed by atoms with Crippen molar-refractivity contribution in [2.75, 3.05) is 18.4 Å². The highest BCUT2D eigenvalue weighted by Gasteiger charge is 2.37. The van der Waals surface area contributed by atoms with E-state index >= 15 is 0 Å². The largest absolute Gasteiger partial charge is 0.352 e. The van der Waals surface area contributed by atoms with Crippen LogP contribution < -0.4 is 10.6 Å². The molecule has 1 amide bonds. The number of fused-ring (bicyclic) bond motifs is 8. The molecule has 1 aromatic carbocycles. The molecule has 1 aliphatic heterocycles. The maximum atomic E-state index is 12.6. The number of likely N-dealkylation sites (N-methyl/N-ethyl adjacent to an activating group) is 1. The maximum absolute atomic E-state index is 12.6. The lowest BCUT2D eigenvalue weighted by Gasteiger charge is -2.20. The molecule has 0 spiro atoms. The minimum absolute atomic E-state index is 0.0711. The highest BCUT2D eigenvalue weighted by atomic mass is 35.5. The van der Waals surface area contributed by atoms with Crippen LogP contribution in [-0.2, 0) is 17.8 Å². The van der Waals surface area contributed by atoms with Crippen LogP contribution in [0.15, 0.2) is 43.0 Å². The van der Waals surface area contributed by atoms with Gasteiger partial charge in [-0.25, -0.2) is 9.97 Å². The van der Waals surface area contributed by atoms with Gasteiger partial charge < -0.3 is 10.6 Å². The number of amides is 1. The molecule has 3 aromatic rings. The molecule has 8 nitrogen and oxygen atoms in total. The van der Waals surface area contributed by atoms with Crippen LogP contribution in [0.1, 0.15) is 30.9 Å². The summed E-state index contributed by atoms with van der Waals surface area (Å²) < 4.78 is 0. The molecule has 5 rings (SSSR count). The first-order valence-electron chi connectivity index (χ1n) is 11.3. The number of hydrogen-bond donors (Lipinski definition) is 2. The molecule has 2 aliphatic rings. The first kappa shape index (κ1) is 21.7. The summed E-state index contributed by atoms with van der Waals surface area (Å²) in [4.78, 5) is 32.3. The van der Waals surface area contributed by atoms with E-state index in [1.807, 2.05) is 24.4 Å². The van der Waals surface area contributed by atoms with Crippen molar-refractivity contribution in [3.05, 3.63) is 59.1 Å². The average molecular weight is 464 g/mol. The molecular formula is C24H26ClN7O. The molecule has 1 saturated carbocycles. The third-order valence-electron chi connectivity index (χ3n) is 6.13. The Morgan fingerprint density at radius 2 is 2.03 bits per heavy atom. The summed E-state index contributed by atoms with van der Waals surface area (Å²) in [5, 5.41) is 7.04. The van der Waals surface area contributed by atoms with Gasteiger partial charge in [0.1, 0.15) is 6.33 Å². The van der Waals surface area contributed by atoms with Crippen LogP contribution in [0.5, 0.6) is 0 Å². The van der Waals surface area contributed by atoms with Crippen LogP contribution in [0, 0.1) is 5.92 Å². The zero-order valence-corrected chi connectivity index (χ0v) is 19.2. The van der Waals surface area contributed by atoms with Crippen LogP contribution in [0.3, 0.4) is 0 Å². The summed E-state index contributed by atoms with van der Waals surface area (Å²) in [5.41, 5.74) is 3.77. The second kappa shape index (κ2) is 9.41. The first-order chi connectivity index (χ1) is 16.1. The number of carbonyl (C=O) groups excluding carboxylic acids is 1. The molecule has 1 aliphatic carbocycles. The Balaban J connectivity index is 1.48. The zero-order chi connectivity index (χ0) is 22.8. The van der Waals surface area contributed by atoms with Gasteiger partial charge in [-0.15, -0.1) is 0 Å². The molecule has 2 unspecified atom stereocenters. The quantitative estimate of drug-likeness (QED) is 0.569. The van der Waals surface area contributed by atoms with E-state index < -0.39 is 0 Å². The number of anilines is 2. The topological polar surface area (TPSA) is 95.9 Å². The molecule has 33 heavy (non-hydrogen) atoms. The number of carbonyl (C=O) groups is 1. The summed E-state index contributed by atoms with van der Waals surface area (Å²) in [7, 11) is 0. The molecule has 0 radical (unpaired) electrons. The van der Waals surface area contributed by atoms with Crippen molar-refractivity contribution in [2.45, 2.75) is 38.8 Å². The van der Waals surface area contributed by atoms with Gasteiger partial charge in [0, 0.05) is 41.3 Å². The van der Waals surface area contributed by atoms with E-state index in [0.29, 0.717) is 35.8 Å². The predicted octanol–water partition coefficient (Wildman–Crippen LogP) is 3.60. The molecule has 2 aromatic heterocycles. The van der Waals surface area contributed by atoms with Crippen molar-refractivity contribution in [2.24, 2.45) is 5.92 Å². The Morgan fingerprint density at radius 3 is 2.91 bits per heavy atom. The normalized spacial score (nSPS) is 21.0. The number of aromatic nitrogens is 4. The maximum Gasteiger partial charge on any atom is 0.234 e. The number of halogens is 1. The fourth-order valence-electron chi connectivity index (χ4n) is 4.27. The van der Waals surface area contributed by atoms with E-state index in [9.17, 15) is 4.79 Å².